The van der Waals surface area contributed by atoms with Crippen LogP contribution in [0.3, 0.4) is 0 Å². The summed E-state index contributed by atoms with van der Waals surface area (Å²) in [6.07, 6.45) is 0. The van der Waals surface area contributed by atoms with Crippen LogP contribution in [0.4, 0.5) is 5.69 Å². The van der Waals surface area contributed by atoms with Crippen molar-refractivity contribution < 1.29 is 8.42 Å². The standard InChI is InChI=1S/C23H17Cl2NO2S2/c1-15-12-19(26-30(27,28)23-11-7-18(24)14-21(23)25)8-10-22(15)29-20-9-6-16-4-2-3-5-17(16)13-20/h2-14,26H,1H3. The van der Waals surface area contributed by atoms with Crippen LogP contribution in [-0.2, 0) is 10.0 Å². The van der Waals surface area contributed by atoms with Crippen molar-refractivity contribution in [3.05, 3.63) is 94.5 Å². The number of hydrogen-bond acceptors (Lipinski definition) is 3. The van der Waals surface area contributed by atoms with E-state index < -0.39 is 10.0 Å². The molecule has 4 aromatic rings. The Morgan fingerprint density at radius 2 is 1.60 bits per heavy atom. The van der Waals surface area contributed by atoms with Crippen LogP contribution in [-0.4, -0.2) is 8.42 Å². The lowest BCUT2D eigenvalue weighted by Crippen LogP contribution is -2.13. The van der Waals surface area contributed by atoms with E-state index in [1.54, 1.807) is 17.8 Å². The van der Waals surface area contributed by atoms with Gasteiger partial charge in [-0.1, -0.05) is 65.3 Å². The molecule has 0 saturated carbocycles. The molecule has 30 heavy (non-hydrogen) atoms. The number of aryl methyl sites for hydroxylation is 1. The molecule has 0 aliphatic carbocycles. The minimum Gasteiger partial charge on any atom is -0.280 e. The van der Waals surface area contributed by atoms with Crippen LogP contribution >= 0.6 is 35.0 Å². The predicted octanol–water partition coefficient (Wildman–Crippen LogP) is 7.41. The second-order valence-electron chi connectivity index (χ2n) is 6.77. The maximum absolute atomic E-state index is 12.7. The molecule has 152 valence electrons. The molecule has 0 aromatic heterocycles. The van der Waals surface area contributed by atoms with Gasteiger partial charge in [-0.25, -0.2) is 8.42 Å². The Bertz CT molecular complexity index is 1350. The zero-order valence-electron chi connectivity index (χ0n) is 15.9. The monoisotopic (exact) mass is 473 g/mol. The third-order valence-corrected chi connectivity index (χ3v) is 7.83. The molecule has 0 unspecified atom stereocenters. The molecule has 1 N–H and O–H groups in total. The van der Waals surface area contributed by atoms with E-state index in [2.05, 4.69) is 35.1 Å². The highest BCUT2D eigenvalue weighted by Gasteiger charge is 2.18. The first kappa shape index (κ1) is 21.1. The number of nitrogens with one attached hydrogen (secondary N) is 1. The smallest absolute Gasteiger partial charge is 0.263 e. The van der Waals surface area contributed by atoms with E-state index in [0.29, 0.717) is 10.7 Å². The van der Waals surface area contributed by atoms with Crippen LogP contribution in [0.5, 0.6) is 0 Å². The van der Waals surface area contributed by atoms with Gasteiger partial charge in [-0.05, 0) is 71.8 Å². The second-order valence-corrected chi connectivity index (χ2v) is 10.4. The van der Waals surface area contributed by atoms with Crippen molar-refractivity contribution >= 4 is 61.4 Å². The molecule has 7 heteroatoms. The molecule has 0 fully saturated rings. The Hall–Kier alpha value is -2.18. The number of rotatable bonds is 5. The summed E-state index contributed by atoms with van der Waals surface area (Å²) in [5.41, 5.74) is 1.44. The van der Waals surface area contributed by atoms with Gasteiger partial charge in [0, 0.05) is 20.5 Å². The molecule has 4 rings (SSSR count). The molecule has 0 amide bonds. The third-order valence-electron chi connectivity index (χ3n) is 4.56. The van der Waals surface area contributed by atoms with E-state index in [0.717, 1.165) is 15.4 Å². The lowest BCUT2D eigenvalue weighted by Gasteiger charge is -2.12. The number of hydrogen-bond donors (Lipinski definition) is 1. The van der Waals surface area contributed by atoms with E-state index in [-0.39, 0.29) is 9.92 Å². The summed E-state index contributed by atoms with van der Waals surface area (Å²) >= 11 is 13.6. The maximum Gasteiger partial charge on any atom is 0.263 e. The average molecular weight is 474 g/mol. The summed E-state index contributed by atoms with van der Waals surface area (Å²) < 4.78 is 28.0. The molecule has 0 aliphatic rings. The molecule has 0 saturated heterocycles. The fourth-order valence-corrected chi connectivity index (χ4v) is 5.84. The van der Waals surface area contributed by atoms with Crippen molar-refractivity contribution in [3.63, 3.8) is 0 Å². The summed E-state index contributed by atoms with van der Waals surface area (Å²) in [6.45, 7) is 1.95. The summed E-state index contributed by atoms with van der Waals surface area (Å²) in [5.74, 6) is 0. The Morgan fingerprint density at radius 1 is 0.833 bits per heavy atom. The van der Waals surface area contributed by atoms with Crippen molar-refractivity contribution in [1.29, 1.82) is 0 Å². The normalized spacial score (nSPS) is 11.6. The number of sulfonamides is 1. The molecule has 0 heterocycles. The Balaban J connectivity index is 1.56. The Morgan fingerprint density at radius 3 is 2.33 bits per heavy atom. The SMILES string of the molecule is Cc1cc(NS(=O)(=O)c2ccc(Cl)cc2Cl)ccc1Sc1ccc2ccccc2c1. The van der Waals surface area contributed by atoms with Crippen LogP contribution in [0.25, 0.3) is 10.8 Å². The van der Waals surface area contributed by atoms with Crippen LogP contribution < -0.4 is 4.72 Å². The van der Waals surface area contributed by atoms with Gasteiger partial charge in [0.25, 0.3) is 10.0 Å². The Labute approximate surface area is 190 Å². The summed E-state index contributed by atoms with van der Waals surface area (Å²) in [7, 11) is -3.82. The highest BCUT2D eigenvalue weighted by atomic mass is 35.5. The molecular weight excluding hydrogens is 457 g/mol. The van der Waals surface area contributed by atoms with E-state index in [1.165, 1.54) is 29.0 Å². The van der Waals surface area contributed by atoms with Crippen LogP contribution in [0.1, 0.15) is 5.56 Å². The van der Waals surface area contributed by atoms with Gasteiger partial charge in [0.15, 0.2) is 0 Å². The van der Waals surface area contributed by atoms with E-state index >= 15 is 0 Å². The second kappa shape index (κ2) is 8.52. The van der Waals surface area contributed by atoms with E-state index in [9.17, 15) is 8.42 Å². The largest absolute Gasteiger partial charge is 0.280 e. The highest BCUT2D eigenvalue weighted by Crippen LogP contribution is 2.34. The molecule has 0 aliphatic heterocycles. The minimum atomic E-state index is -3.82. The van der Waals surface area contributed by atoms with Gasteiger partial charge in [-0.15, -0.1) is 0 Å². The average Bonchev–Trinajstić information content (AvgIpc) is 2.69. The topological polar surface area (TPSA) is 46.2 Å². The molecule has 0 spiro atoms. The molecule has 0 bridgehead atoms. The van der Waals surface area contributed by atoms with Gasteiger partial charge < -0.3 is 0 Å². The zero-order chi connectivity index (χ0) is 21.3. The quantitative estimate of drug-likeness (QED) is 0.328. The van der Waals surface area contributed by atoms with Crippen molar-refractivity contribution in [2.75, 3.05) is 4.72 Å². The summed E-state index contributed by atoms with van der Waals surface area (Å²) in [4.78, 5) is 2.16. The predicted molar refractivity (Wildman–Crippen MR) is 127 cm³/mol. The summed E-state index contributed by atoms with van der Waals surface area (Å²) in [5, 5.41) is 2.84. The molecule has 4 aromatic carbocycles. The third kappa shape index (κ3) is 4.60. The van der Waals surface area contributed by atoms with Crippen LogP contribution in [0.2, 0.25) is 10.0 Å². The van der Waals surface area contributed by atoms with Crippen molar-refractivity contribution in [3.8, 4) is 0 Å². The highest BCUT2D eigenvalue weighted by molar-refractivity contribution is 7.99. The lowest BCUT2D eigenvalue weighted by molar-refractivity contribution is 0.601. The van der Waals surface area contributed by atoms with E-state index in [4.69, 9.17) is 23.2 Å². The van der Waals surface area contributed by atoms with Crippen molar-refractivity contribution in [2.24, 2.45) is 0 Å². The van der Waals surface area contributed by atoms with Gasteiger partial charge in [0.1, 0.15) is 4.90 Å². The number of benzene rings is 4. The van der Waals surface area contributed by atoms with Crippen molar-refractivity contribution in [1.82, 2.24) is 0 Å². The fraction of sp³-hybridized carbons (Fsp3) is 0.0435. The molecule has 0 radical (unpaired) electrons. The maximum atomic E-state index is 12.7. The van der Waals surface area contributed by atoms with E-state index in [1.807, 2.05) is 31.2 Å². The van der Waals surface area contributed by atoms with Gasteiger partial charge >= 0.3 is 0 Å². The van der Waals surface area contributed by atoms with Gasteiger partial charge in [0.05, 0.1) is 5.02 Å². The van der Waals surface area contributed by atoms with Gasteiger partial charge in [-0.2, -0.15) is 0 Å². The first-order valence-corrected chi connectivity index (χ1v) is 12.1. The summed E-state index contributed by atoms with van der Waals surface area (Å²) in [6, 6.07) is 24.3. The minimum absolute atomic E-state index is 0.0131. The number of halogens is 2. The number of anilines is 1. The first-order chi connectivity index (χ1) is 14.3. The zero-order valence-corrected chi connectivity index (χ0v) is 19.0. The van der Waals surface area contributed by atoms with Crippen LogP contribution in [0, 0.1) is 6.92 Å². The first-order valence-electron chi connectivity index (χ1n) is 9.07. The van der Waals surface area contributed by atoms with Gasteiger partial charge in [0.2, 0.25) is 0 Å². The molecule has 0 atom stereocenters. The fourth-order valence-electron chi connectivity index (χ4n) is 3.09. The van der Waals surface area contributed by atoms with Gasteiger partial charge in [-0.3, -0.25) is 4.72 Å². The van der Waals surface area contributed by atoms with Crippen molar-refractivity contribution in [2.45, 2.75) is 21.6 Å². The Kier molecular flexibility index (Phi) is 5.98. The molecular formula is C23H17Cl2NO2S2. The van der Waals surface area contributed by atoms with Crippen LogP contribution in [0.15, 0.2) is 93.5 Å². The molecule has 3 nitrogen and oxygen atoms in total. The lowest BCUT2D eigenvalue weighted by atomic mass is 10.1. The number of fused-ring (bicyclic) bond motifs is 1.